The molecule has 7 heteroatoms. The van der Waals surface area contributed by atoms with Crippen LogP contribution in [0.15, 0.2) is 77.7 Å². The number of halogens is 1. The summed E-state index contributed by atoms with van der Waals surface area (Å²) >= 11 is 5.99. The third-order valence-electron chi connectivity index (χ3n) is 5.72. The number of carbonyl (C=O) groups excluding carboxylic acids is 1. The predicted molar refractivity (Wildman–Crippen MR) is 127 cm³/mol. The number of rotatable bonds is 6. The zero-order valence-electron chi connectivity index (χ0n) is 18.0. The van der Waals surface area contributed by atoms with Crippen molar-refractivity contribution in [3.63, 3.8) is 0 Å². The number of sulfonamides is 1. The third kappa shape index (κ3) is 4.58. The van der Waals surface area contributed by atoms with Crippen LogP contribution in [0, 0.1) is 6.92 Å². The predicted octanol–water partition coefficient (Wildman–Crippen LogP) is 4.82. The number of benzene rings is 3. The Morgan fingerprint density at radius 1 is 1.03 bits per heavy atom. The molecule has 32 heavy (non-hydrogen) atoms. The van der Waals surface area contributed by atoms with Crippen LogP contribution in [0.1, 0.15) is 23.6 Å². The van der Waals surface area contributed by atoms with Gasteiger partial charge < -0.3 is 4.90 Å². The first-order chi connectivity index (χ1) is 15.3. The lowest BCUT2D eigenvalue weighted by Gasteiger charge is -2.27. The molecule has 1 unspecified atom stereocenters. The number of hydrogen-bond acceptors (Lipinski definition) is 3. The molecule has 0 saturated heterocycles. The molecule has 1 atom stereocenters. The lowest BCUT2D eigenvalue weighted by Crippen LogP contribution is -2.44. The van der Waals surface area contributed by atoms with Crippen molar-refractivity contribution in [3.05, 3.63) is 94.5 Å². The molecule has 3 aromatic carbocycles. The summed E-state index contributed by atoms with van der Waals surface area (Å²) in [7, 11) is -3.89. The fourth-order valence-corrected chi connectivity index (χ4v) is 5.55. The Morgan fingerprint density at radius 2 is 1.69 bits per heavy atom. The summed E-state index contributed by atoms with van der Waals surface area (Å²) in [6.07, 6.45) is 0.754. The highest BCUT2D eigenvalue weighted by molar-refractivity contribution is 7.89. The van der Waals surface area contributed by atoms with Gasteiger partial charge in [0.1, 0.15) is 0 Å². The second kappa shape index (κ2) is 9.06. The molecule has 1 aliphatic heterocycles. The Hall–Kier alpha value is -2.67. The molecule has 0 fully saturated rings. The minimum atomic E-state index is -3.89. The molecular weight excluding hydrogens is 444 g/mol. The van der Waals surface area contributed by atoms with Crippen LogP contribution >= 0.6 is 11.6 Å². The summed E-state index contributed by atoms with van der Waals surface area (Å²) in [6.45, 7) is 3.70. The molecule has 5 nitrogen and oxygen atoms in total. The van der Waals surface area contributed by atoms with Gasteiger partial charge in [0.05, 0.1) is 11.4 Å². The number of hydrogen-bond donors (Lipinski definition) is 0. The van der Waals surface area contributed by atoms with E-state index in [2.05, 4.69) is 0 Å². The highest BCUT2D eigenvalue weighted by atomic mass is 35.5. The molecule has 0 saturated carbocycles. The summed E-state index contributed by atoms with van der Waals surface area (Å²) in [5.74, 6) is -0.243. The lowest BCUT2D eigenvalue weighted by atomic mass is 10.1. The van der Waals surface area contributed by atoms with Gasteiger partial charge in [-0.05, 0) is 61.7 Å². The molecule has 0 bridgehead atoms. The zero-order chi connectivity index (χ0) is 22.9. The molecule has 4 rings (SSSR count). The fraction of sp³-hybridized carbons (Fsp3) is 0.240. The smallest absolute Gasteiger partial charge is 0.243 e. The maximum Gasteiger partial charge on any atom is 0.243 e. The van der Waals surface area contributed by atoms with E-state index in [-0.39, 0.29) is 29.9 Å². The van der Waals surface area contributed by atoms with Crippen molar-refractivity contribution in [2.75, 3.05) is 11.4 Å². The van der Waals surface area contributed by atoms with Gasteiger partial charge >= 0.3 is 0 Å². The van der Waals surface area contributed by atoms with Crippen molar-refractivity contribution in [1.82, 2.24) is 4.31 Å². The summed E-state index contributed by atoms with van der Waals surface area (Å²) in [4.78, 5) is 15.3. The van der Waals surface area contributed by atoms with Crippen molar-refractivity contribution < 1.29 is 13.2 Å². The molecule has 1 heterocycles. The molecule has 0 N–H and O–H groups in total. The number of aryl methyl sites for hydroxylation is 1. The monoisotopic (exact) mass is 468 g/mol. The summed E-state index contributed by atoms with van der Waals surface area (Å²) in [5.41, 5.74) is 3.67. The SMILES string of the molecule is Cc1ccc(S(=O)(=O)N(CC(=O)N2c3ccccc3CC2C)Cc2ccc(Cl)cc2)cc1. The van der Waals surface area contributed by atoms with Gasteiger partial charge in [-0.1, -0.05) is 59.6 Å². The van der Waals surface area contributed by atoms with Gasteiger partial charge in [-0.3, -0.25) is 4.79 Å². The first-order valence-electron chi connectivity index (χ1n) is 10.5. The minimum Gasteiger partial charge on any atom is -0.308 e. The van der Waals surface area contributed by atoms with E-state index in [1.807, 2.05) is 38.1 Å². The zero-order valence-corrected chi connectivity index (χ0v) is 19.6. The maximum absolute atomic E-state index is 13.5. The molecule has 1 amide bonds. The molecule has 166 valence electrons. The van der Waals surface area contributed by atoms with Gasteiger partial charge in [-0.25, -0.2) is 8.42 Å². The second-order valence-electron chi connectivity index (χ2n) is 8.16. The normalized spacial score (nSPS) is 15.8. The molecule has 0 aromatic heterocycles. The van der Waals surface area contributed by atoms with Crippen molar-refractivity contribution in [2.24, 2.45) is 0 Å². The van der Waals surface area contributed by atoms with Crippen molar-refractivity contribution in [3.8, 4) is 0 Å². The van der Waals surface area contributed by atoms with Crippen molar-refractivity contribution in [2.45, 2.75) is 37.8 Å². The van der Waals surface area contributed by atoms with Gasteiger partial charge in [0.15, 0.2) is 0 Å². The van der Waals surface area contributed by atoms with E-state index in [0.29, 0.717) is 5.02 Å². The van der Waals surface area contributed by atoms with Crippen LogP contribution in [0.4, 0.5) is 5.69 Å². The van der Waals surface area contributed by atoms with E-state index >= 15 is 0 Å². The van der Waals surface area contributed by atoms with Gasteiger partial charge in [0, 0.05) is 23.3 Å². The standard InChI is InChI=1S/C25H25ClN2O3S/c1-18-7-13-23(14-8-18)32(30,31)27(16-20-9-11-22(26)12-10-20)17-25(29)28-19(2)15-21-5-3-4-6-24(21)28/h3-14,19H,15-17H2,1-2H3. The van der Waals surface area contributed by atoms with Crippen LogP contribution in [0.25, 0.3) is 0 Å². The van der Waals surface area contributed by atoms with E-state index in [1.54, 1.807) is 53.4 Å². The number of fused-ring (bicyclic) bond motifs is 1. The van der Waals surface area contributed by atoms with Gasteiger partial charge in [-0.15, -0.1) is 0 Å². The quantitative estimate of drug-likeness (QED) is 0.521. The third-order valence-corrected chi connectivity index (χ3v) is 7.78. The second-order valence-corrected chi connectivity index (χ2v) is 10.5. The average Bonchev–Trinajstić information content (AvgIpc) is 3.10. The van der Waals surface area contributed by atoms with Crippen LogP contribution in [0.5, 0.6) is 0 Å². The summed E-state index contributed by atoms with van der Waals surface area (Å²) < 4.78 is 28.3. The molecule has 0 aliphatic carbocycles. The molecule has 0 spiro atoms. The molecular formula is C25H25ClN2O3S. The Morgan fingerprint density at radius 3 is 2.38 bits per heavy atom. The van der Waals surface area contributed by atoms with Crippen molar-refractivity contribution in [1.29, 1.82) is 0 Å². The minimum absolute atomic E-state index is 0.0284. The highest BCUT2D eigenvalue weighted by Gasteiger charge is 2.34. The van der Waals surface area contributed by atoms with Crippen LogP contribution < -0.4 is 4.90 Å². The van der Waals surface area contributed by atoms with E-state index in [9.17, 15) is 13.2 Å². The van der Waals surface area contributed by atoms with Crippen LogP contribution in [-0.2, 0) is 27.8 Å². The summed E-state index contributed by atoms with van der Waals surface area (Å²) in [5, 5.41) is 0.570. The maximum atomic E-state index is 13.5. The Kier molecular flexibility index (Phi) is 6.38. The first kappa shape index (κ1) is 22.5. The lowest BCUT2D eigenvalue weighted by molar-refractivity contribution is -0.119. The first-order valence-corrected chi connectivity index (χ1v) is 12.3. The fourth-order valence-electron chi connectivity index (χ4n) is 4.05. The molecule has 0 radical (unpaired) electrons. The highest BCUT2D eigenvalue weighted by Crippen LogP contribution is 2.32. The van der Waals surface area contributed by atoms with E-state index < -0.39 is 10.0 Å². The number of amides is 1. The Labute approximate surface area is 194 Å². The van der Waals surface area contributed by atoms with Gasteiger partial charge in [-0.2, -0.15) is 4.31 Å². The van der Waals surface area contributed by atoms with E-state index in [0.717, 1.165) is 28.8 Å². The largest absolute Gasteiger partial charge is 0.308 e. The van der Waals surface area contributed by atoms with E-state index in [4.69, 9.17) is 11.6 Å². The summed E-state index contributed by atoms with van der Waals surface area (Å²) in [6, 6.07) is 21.4. The Bertz CT molecular complexity index is 1220. The van der Waals surface area contributed by atoms with Gasteiger partial charge in [0.2, 0.25) is 15.9 Å². The van der Waals surface area contributed by atoms with Crippen molar-refractivity contribution >= 4 is 33.2 Å². The van der Waals surface area contributed by atoms with Crippen LogP contribution in [0.2, 0.25) is 5.02 Å². The number of nitrogens with zero attached hydrogens (tertiary/aromatic N) is 2. The van der Waals surface area contributed by atoms with Crippen LogP contribution in [0.3, 0.4) is 0 Å². The number of anilines is 1. The Balaban J connectivity index is 1.67. The average molecular weight is 469 g/mol. The number of carbonyl (C=O) groups is 1. The van der Waals surface area contributed by atoms with Crippen LogP contribution in [-0.4, -0.2) is 31.2 Å². The topological polar surface area (TPSA) is 57.7 Å². The van der Waals surface area contributed by atoms with E-state index in [1.165, 1.54) is 4.31 Å². The molecule has 1 aliphatic rings. The number of para-hydroxylation sites is 1. The molecule has 3 aromatic rings. The van der Waals surface area contributed by atoms with Gasteiger partial charge in [0.25, 0.3) is 0 Å².